The molecule has 1 heterocycles. The van der Waals surface area contributed by atoms with Crippen molar-refractivity contribution in [2.75, 3.05) is 39.5 Å². The Bertz CT molecular complexity index is 784. The van der Waals surface area contributed by atoms with Crippen molar-refractivity contribution in [2.24, 2.45) is 0 Å². The molecule has 0 aromatic heterocycles. The van der Waals surface area contributed by atoms with Crippen molar-refractivity contribution in [3.8, 4) is 5.75 Å². The fraction of sp³-hybridized carbons (Fsp3) is 0.375. The summed E-state index contributed by atoms with van der Waals surface area (Å²) in [6, 6.07) is 10.00. The molecule has 1 saturated heterocycles. The Kier molecular flexibility index (Phi) is 4.82. The van der Waals surface area contributed by atoms with Gasteiger partial charge in [0.1, 0.15) is 12.4 Å². The van der Waals surface area contributed by atoms with Crippen molar-refractivity contribution < 1.29 is 22.4 Å². The maximum atomic E-state index is 11.2. The van der Waals surface area contributed by atoms with Crippen LogP contribution in [-0.4, -0.2) is 57.3 Å². The molecule has 0 amide bonds. The minimum absolute atomic E-state index is 0.115. The number of morpholine rings is 1. The Morgan fingerprint density at radius 3 is 2.57 bits per heavy atom. The van der Waals surface area contributed by atoms with Gasteiger partial charge in [-0.25, -0.2) is 0 Å². The molecule has 0 aliphatic carbocycles. The van der Waals surface area contributed by atoms with E-state index in [1.165, 1.54) is 12.1 Å². The van der Waals surface area contributed by atoms with Crippen LogP contribution in [0.2, 0.25) is 0 Å². The maximum Gasteiger partial charge on any atom is 0.294 e. The van der Waals surface area contributed by atoms with Crippen LogP contribution in [0, 0.1) is 0 Å². The van der Waals surface area contributed by atoms with Crippen molar-refractivity contribution in [3.05, 3.63) is 36.4 Å². The molecule has 0 spiro atoms. The summed E-state index contributed by atoms with van der Waals surface area (Å²) in [6.45, 7) is 4.73. The monoisotopic (exact) mass is 337 g/mol. The molecule has 6 nitrogen and oxygen atoms in total. The van der Waals surface area contributed by atoms with Gasteiger partial charge in [-0.05, 0) is 35.0 Å². The van der Waals surface area contributed by atoms with Gasteiger partial charge in [-0.1, -0.05) is 12.1 Å². The van der Waals surface area contributed by atoms with Crippen molar-refractivity contribution in [1.29, 1.82) is 0 Å². The summed E-state index contributed by atoms with van der Waals surface area (Å²) in [5.74, 6) is 0.679. The Morgan fingerprint density at radius 2 is 1.83 bits per heavy atom. The van der Waals surface area contributed by atoms with Crippen LogP contribution >= 0.6 is 0 Å². The van der Waals surface area contributed by atoms with E-state index in [-0.39, 0.29) is 4.90 Å². The SMILES string of the molecule is O=S(=O)(O)c1ccc2ccc(OCCN3CCOCC3)cc2c1. The summed E-state index contributed by atoms with van der Waals surface area (Å²) in [7, 11) is -4.20. The number of nitrogens with zero attached hydrogens (tertiary/aromatic N) is 1. The fourth-order valence-corrected chi connectivity index (χ4v) is 3.09. The summed E-state index contributed by atoms with van der Waals surface area (Å²) in [5.41, 5.74) is 0. The van der Waals surface area contributed by atoms with Gasteiger partial charge in [-0.3, -0.25) is 9.45 Å². The third-order valence-electron chi connectivity index (χ3n) is 3.86. The number of ether oxygens (including phenoxy) is 2. The maximum absolute atomic E-state index is 11.2. The third-order valence-corrected chi connectivity index (χ3v) is 4.71. The van der Waals surface area contributed by atoms with Crippen LogP contribution in [0.5, 0.6) is 5.75 Å². The molecule has 2 aromatic carbocycles. The number of hydrogen-bond donors (Lipinski definition) is 1. The van der Waals surface area contributed by atoms with Crippen LogP contribution in [0.1, 0.15) is 0 Å². The highest BCUT2D eigenvalue weighted by atomic mass is 32.2. The van der Waals surface area contributed by atoms with E-state index in [2.05, 4.69) is 4.90 Å². The predicted molar refractivity (Wildman–Crippen MR) is 86.5 cm³/mol. The molecule has 7 heteroatoms. The van der Waals surface area contributed by atoms with Gasteiger partial charge in [0, 0.05) is 19.6 Å². The Hall–Kier alpha value is -1.67. The minimum Gasteiger partial charge on any atom is -0.492 e. The molecule has 0 radical (unpaired) electrons. The highest BCUT2D eigenvalue weighted by molar-refractivity contribution is 7.85. The van der Waals surface area contributed by atoms with Gasteiger partial charge in [0.05, 0.1) is 18.1 Å². The first kappa shape index (κ1) is 16.2. The van der Waals surface area contributed by atoms with Crippen molar-refractivity contribution in [3.63, 3.8) is 0 Å². The quantitative estimate of drug-likeness (QED) is 0.839. The molecule has 3 rings (SSSR count). The average molecular weight is 337 g/mol. The van der Waals surface area contributed by atoms with Gasteiger partial charge in [0.25, 0.3) is 10.1 Å². The molecule has 1 aliphatic rings. The van der Waals surface area contributed by atoms with E-state index in [0.717, 1.165) is 38.2 Å². The lowest BCUT2D eigenvalue weighted by atomic mass is 10.1. The molecule has 1 N–H and O–H groups in total. The largest absolute Gasteiger partial charge is 0.492 e. The van der Waals surface area contributed by atoms with Crippen LogP contribution < -0.4 is 4.74 Å². The lowest BCUT2D eigenvalue weighted by Crippen LogP contribution is -2.38. The summed E-state index contributed by atoms with van der Waals surface area (Å²) >= 11 is 0. The number of benzene rings is 2. The molecule has 124 valence electrons. The van der Waals surface area contributed by atoms with E-state index in [1.807, 2.05) is 12.1 Å². The standard InChI is InChI=1S/C16H19NO5S/c18-23(19,20)16-4-2-13-1-3-15(11-14(13)12-16)22-10-7-17-5-8-21-9-6-17/h1-4,11-12H,5-10H2,(H,18,19,20). The van der Waals surface area contributed by atoms with Crippen molar-refractivity contribution in [1.82, 2.24) is 4.90 Å². The smallest absolute Gasteiger partial charge is 0.294 e. The van der Waals surface area contributed by atoms with E-state index in [1.54, 1.807) is 12.1 Å². The zero-order chi connectivity index (χ0) is 16.3. The van der Waals surface area contributed by atoms with Gasteiger partial charge in [-0.2, -0.15) is 8.42 Å². The lowest BCUT2D eigenvalue weighted by molar-refractivity contribution is 0.0322. The van der Waals surface area contributed by atoms with Gasteiger partial charge < -0.3 is 9.47 Å². The van der Waals surface area contributed by atoms with Crippen LogP contribution in [0.25, 0.3) is 10.8 Å². The fourth-order valence-electron chi connectivity index (χ4n) is 2.57. The summed E-state index contributed by atoms with van der Waals surface area (Å²) in [4.78, 5) is 2.16. The molecular weight excluding hydrogens is 318 g/mol. The lowest BCUT2D eigenvalue weighted by Gasteiger charge is -2.26. The Balaban J connectivity index is 1.68. The van der Waals surface area contributed by atoms with E-state index in [9.17, 15) is 8.42 Å². The first-order valence-electron chi connectivity index (χ1n) is 7.46. The Morgan fingerprint density at radius 1 is 1.09 bits per heavy atom. The number of hydrogen-bond acceptors (Lipinski definition) is 5. The molecule has 1 aliphatic heterocycles. The summed E-state index contributed by atoms with van der Waals surface area (Å²) in [6.07, 6.45) is 0. The van der Waals surface area contributed by atoms with Crippen molar-refractivity contribution in [2.45, 2.75) is 4.90 Å². The molecule has 23 heavy (non-hydrogen) atoms. The van der Waals surface area contributed by atoms with Gasteiger partial charge >= 0.3 is 0 Å². The van der Waals surface area contributed by atoms with E-state index < -0.39 is 10.1 Å². The van der Waals surface area contributed by atoms with E-state index in [0.29, 0.717) is 17.7 Å². The molecule has 2 aromatic rings. The highest BCUT2D eigenvalue weighted by Gasteiger charge is 2.11. The summed E-state index contributed by atoms with van der Waals surface area (Å²) in [5, 5.41) is 1.60. The van der Waals surface area contributed by atoms with Gasteiger partial charge in [-0.15, -0.1) is 0 Å². The van der Waals surface area contributed by atoms with Gasteiger partial charge in [0.15, 0.2) is 0 Å². The second-order valence-electron chi connectivity index (χ2n) is 5.45. The average Bonchev–Trinajstić information content (AvgIpc) is 2.54. The zero-order valence-corrected chi connectivity index (χ0v) is 13.5. The van der Waals surface area contributed by atoms with E-state index >= 15 is 0 Å². The molecule has 0 atom stereocenters. The van der Waals surface area contributed by atoms with Crippen LogP contribution in [-0.2, 0) is 14.9 Å². The first-order chi connectivity index (χ1) is 11.0. The summed E-state index contributed by atoms with van der Waals surface area (Å²) < 4.78 is 42.6. The first-order valence-corrected chi connectivity index (χ1v) is 8.90. The molecular formula is C16H19NO5S. The highest BCUT2D eigenvalue weighted by Crippen LogP contribution is 2.23. The molecule has 0 unspecified atom stereocenters. The zero-order valence-electron chi connectivity index (χ0n) is 12.6. The van der Waals surface area contributed by atoms with Crippen molar-refractivity contribution >= 4 is 20.9 Å². The molecule has 1 fully saturated rings. The van der Waals surface area contributed by atoms with E-state index in [4.69, 9.17) is 14.0 Å². The van der Waals surface area contributed by atoms with Crippen LogP contribution in [0.3, 0.4) is 0 Å². The molecule has 0 bridgehead atoms. The second-order valence-corrected chi connectivity index (χ2v) is 6.87. The van der Waals surface area contributed by atoms with Crippen LogP contribution in [0.15, 0.2) is 41.3 Å². The second kappa shape index (κ2) is 6.84. The number of rotatable bonds is 5. The van der Waals surface area contributed by atoms with Crippen LogP contribution in [0.4, 0.5) is 0 Å². The normalized spacial score (nSPS) is 16.6. The topological polar surface area (TPSA) is 76.1 Å². The Labute approximate surface area is 135 Å². The third kappa shape index (κ3) is 4.20. The molecule has 0 saturated carbocycles. The number of fused-ring (bicyclic) bond motifs is 1. The predicted octanol–water partition coefficient (Wildman–Crippen LogP) is 1.80. The minimum atomic E-state index is -4.20. The van der Waals surface area contributed by atoms with Gasteiger partial charge in [0.2, 0.25) is 0 Å².